The molecule has 1 aliphatic rings. The third-order valence-electron chi connectivity index (χ3n) is 6.63. The van der Waals surface area contributed by atoms with E-state index in [0.717, 1.165) is 34.0 Å². The lowest BCUT2D eigenvalue weighted by Gasteiger charge is -2.28. The lowest BCUT2D eigenvalue weighted by molar-refractivity contribution is 0.0478. The van der Waals surface area contributed by atoms with Crippen LogP contribution in [0.15, 0.2) is 58.1 Å². The molecule has 0 radical (unpaired) electrons. The summed E-state index contributed by atoms with van der Waals surface area (Å²) >= 11 is 0. The van der Waals surface area contributed by atoms with E-state index in [4.69, 9.17) is 9.47 Å². The first-order valence-electron chi connectivity index (χ1n) is 11.2. The number of fused-ring (bicyclic) bond motifs is 3. The number of benzene rings is 2. The van der Waals surface area contributed by atoms with E-state index < -0.39 is 6.10 Å². The van der Waals surface area contributed by atoms with Crippen molar-refractivity contribution in [2.24, 2.45) is 14.1 Å². The van der Waals surface area contributed by atoms with Gasteiger partial charge in [-0.25, -0.2) is 4.79 Å². The topological polar surface area (TPSA) is 70.6 Å². The number of nitrogens with zero attached hydrogens (tertiary/aromatic N) is 4. The van der Waals surface area contributed by atoms with E-state index in [1.165, 1.54) is 11.6 Å². The summed E-state index contributed by atoms with van der Waals surface area (Å²) in [5.74, 6) is 0.737. The van der Waals surface area contributed by atoms with Gasteiger partial charge in [-0.3, -0.25) is 13.9 Å². The number of rotatable bonds is 4. The van der Waals surface area contributed by atoms with E-state index >= 15 is 0 Å². The predicted molar refractivity (Wildman–Crippen MR) is 133 cm³/mol. The lowest BCUT2D eigenvalue weighted by atomic mass is 10.0. The molecule has 2 aromatic heterocycles. The molecule has 0 amide bonds. The summed E-state index contributed by atoms with van der Waals surface area (Å²) in [5.41, 5.74) is 4.49. The van der Waals surface area contributed by atoms with Crippen LogP contribution in [0.2, 0.25) is 0 Å². The minimum Gasteiger partial charge on any atom is -0.497 e. The van der Waals surface area contributed by atoms with E-state index in [1.54, 1.807) is 18.7 Å². The Morgan fingerprint density at radius 2 is 1.65 bits per heavy atom. The van der Waals surface area contributed by atoms with Crippen molar-refractivity contribution in [3.8, 4) is 17.0 Å². The molecule has 0 N–H and O–H groups in total. The number of aryl methyl sites for hydroxylation is 1. The zero-order valence-corrected chi connectivity index (χ0v) is 20.0. The summed E-state index contributed by atoms with van der Waals surface area (Å²) in [6.07, 6.45) is -0.405. The Labute approximate surface area is 197 Å². The van der Waals surface area contributed by atoms with Crippen LogP contribution < -0.4 is 20.9 Å². The van der Waals surface area contributed by atoms with Crippen molar-refractivity contribution in [3.63, 3.8) is 0 Å². The molecule has 0 spiro atoms. The van der Waals surface area contributed by atoms with Crippen LogP contribution in [-0.2, 0) is 25.4 Å². The highest BCUT2D eigenvalue weighted by atomic mass is 16.5. The minimum atomic E-state index is -0.405. The Kier molecular flexibility index (Phi) is 5.32. The van der Waals surface area contributed by atoms with Crippen LogP contribution in [0, 0.1) is 0 Å². The first-order valence-corrected chi connectivity index (χ1v) is 11.2. The molecule has 176 valence electrons. The summed E-state index contributed by atoms with van der Waals surface area (Å²) in [6, 6.07) is 15.8. The molecule has 0 saturated heterocycles. The van der Waals surface area contributed by atoms with Gasteiger partial charge in [0.25, 0.3) is 5.56 Å². The summed E-state index contributed by atoms with van der Waals surface area (Å²) in [7, 11) is 8.85. The molecular weight excluding hydrogens is 432 g/mol. The maximum absolute atomic E-state index is 13.5. The fraction of sp³-hybridized carbons (Fsp3) is 0.308. The molecule has 4 aromatic rings. The summed E-state index contributed by atoms with van der Waals surface area (Å²) in [4.78, 5) is 28.4. The Balaban J connectivity index is 1.84. The first kappa shape index (κ1) is 22.0. The third-order valence-corrected chi connectivity index (χ3v) is 6.63. The highest BCUT2D eigenvalue weighted by Gasteiger charge is 2.33. The Bertz CT molecular complexity index is 1490. The average molecular weight is 461 g/mol. The van der Waals surface area contributed by atoms with Crippen LogP contribution in [0.3, 0.4) is 0 Å². The molecule has 2 aromatic carbocycles. The van der Waals surface area contributed by atoms with Gasteiger partial charge < -0.3 is 18.9 Å². The van der Waals surface area contributed by atoms with Crippen LogP contribution in [-0.4, -0.2) is 41.5 Å². The van der Waals surface area contributed by atoms with Crippen LogP contribution in [0.1, 0.15) is 17.4 Å². The van der Waals surface area contributed by atoms with Crippen molar-refractivity contribution >= 4 is 16.6 Å². The van der Waals surface area contributed by atoms with Gasteiger partial charge in [0, 0.05) is 40.4 Å². The molecule has 1 unspecified atom stereocenters. The van der Waals surface area contributed by atoms with Gasteiger partial charge in [0.15, 0.2) is 0 Å². The van der Waals surface area contributed by atoms with Gasteiger partial charge >= 0.3 is 5.69 Å². The molecular formula is C26H28N4O4. The third kappa shape index (κ3) is 3.25. The molecule has 5 rings (SSSR count). The quantitative estimate of drug-likeness (QED) is 0.468. The smallest absolute Gasteiger partial charge is 0.331 e. The molecule has 3 heterocycles. The number of hydrogen-bond acceptors (Lipinski definition) is 5. The zero-order chi connectivity index (χ0) is 24.1. The van der Waals surface area contributed by atoms with Crippen LogP contribution in [0.4, 0.5) is 5.69 Å². The number of methoxy groups -OCH3 is 1. The van der Waals surface area contributed by atoms with Crippen molar-refractivity contribution in [1.29, 1.82) is 0 Å². The summed E-state index contributed by atoms with van der Waals surface area (Å²) < 4.78 is 16.5. The van der Waals surface area contributed by atoms with Crippen LogP contribution >= 0.6 is 0 Å². The predicted octanol–water partition coefficient (Wildman–Crippen LogP) is 2.90. The van der Waals surface area contributed by atoms with E-state index in [1.807, 2.05) is 67.5 Å². The van der Waals surface area contributed by atoms with Gasteiger partial charge in [-0.1, -0.05) is 12.1 Å². The fourth-order valence-corrected chi connectivity index (χ4v) is 4.83. The second-order valence-corrected chi connectivity index (χ2v) is 8.78. The molecule has 1 aliphatic heterocycles. The molecule has 34 heavy (non-hydrogen) atoms. The van der Waals surface area contributed by atoms with E-state index in [-0.39, 0.29) is 11.2 Å². The maximum atomic E-state index is 13.5. The Morgan fingerprint density at radius 1 is 0.971 bits per heavy atom. The normalized spacial score (nSPS) is 15.4. The maximum Gasteiger partial charge on any atom is 0.331 e. The number of anilines is 1. The van der Waals surface area contributed by atoms with Crippen molar-refractivity contribution in [3.05, 3.63) is 80.6 Å². The second-order valence-electron chi connectivity index (χ2n) is 8.78. The number of aromatic nitrogens is 3. The second kappa shape index (κ2) is 8.22. The molecule has 8 heteroatoms. The lowest BCUT2D eigenvalue weighted by Crippen LogP contribution is -2.37. The van der Waals surface area contributed by atoms with Gasteiger partial charge in [0.1, 0.15) is 11.9 Å². The van der Waals surface area contributed by atoms with Gasteiger partial charge in [-0.2, -0.15) is 0 Å². The van der Waals surface area contributed by atoms with Crippen molar-refractivity contribution in [1.82, 2.24) is 13.7 Å². The van der Waals surface area contributed by atoms with Crippen LogP contribution in [0.25, 0.3) is 22.2 Å². The average Bonchev–Trinajstić information content (AvgIpc) is 3.22. The standard InChI is InChI=1S/C26H28N4O4/c1-27(2)18-10-6-17(7-11-18)24-23-22-20(25(31)29(4)26(32)28(22)3)21(30(23)14-15-34-24)16-8-12-19(33-5)13-9-16/h6-13,24H,14-15H2,1-5H3. The Hall–Kier alpha value is -3.78. The van der Waals surface area contributed by atoms with Gasteiger partial charge in [0.2, 0.25) is 0 Å². The molecule has 0 bridgehead atoms. The van der Waals surface area contributed by atoms with E-state index in [9.17, 15) is 9.59 Å². The molecule has 0 saturated carbocycles. The number of ether oxygens (including phenoxy) is 2. The molecule has 0 aliphatic carbocycles. The van der Waals surface area contributed by atoms with Gasteiger partial charge in [-0.15, -0.1) is 0 Å². The fourth-order valence-electron chi connectivity index (χ4n) is 4.83. The minimum absolute atomic E-state index is 0.312. The highest BCUT2D eigenvalue weighted by molar-refractivity contribution is 5.96. The summed E-state index contributed by atoms with van der Waals surface area (Å²) in [5, 5.41) is 0.519. The number of hydrogen-bond donors (Lipinski definition) is 0. The first-order chi connectivity index (χ1) is 16.3. The summed E-state index contributed by atoms with van der Waals surface area (Å²) in [6.45, 7) is 1.07. The van der Waals surface area contributed by atoms with Gasteiger partial charge in [0.05, 0.1) is 36.0 Å². The molecule has 0 fully saturated rings. The van der Waals surface area contributed by atoms with Gasteiger partial charge in [-0.05, 0) is 47.5 Å². The largest absolute Gasteiger partial charge is 0.497 e. The van der Waals surface area contributed by atoms with E-state index in [0.29, 0.717) is 24.1 Å². The highest BCUT2D eigenvalue weighted by Crippen LogP contribution is 2.41. The monoisotopic (exact) mass is 460 g/mol. The Morgan fingerprint density at radius 3 is 2.26 bits per heavy atom. The zero-order valence-electron chi connectivity index (χ0n) is 20.0. The SMILES string of the molecule is COc1ccc(-c2c3c(=O)n(C)c(=O)n(C)c3c3n2CCOC3c2ccc(N(C)C)cc2)cc1. The van der Waals surface area contributed by atoms with Crippen molar-refractivity contribution < 1.29 is 9.47 Å². The molecule has 8 nitrogen and oxygen atoms in total. The van der Waals surface area contributed by atoms with Crippen molar-refractivity contribution in [2.45, 2.75) is 12.6 Å². The van der Waals surface area contributed by atoms with E-state index in [2.05, 4.69) is 4.57 Å². The van der Waals surface area contributed by atoms with Crippen LogP contribution in [0.5, 0.6) is 5.75 Å². The van der Waals surface area contributed by atoms with Crippen molar-refractivity contribution in [2.75, 3.05) is 32.7 Å². The molecule has 1 atom stereocenters.